The summed E-state index contributed by atoms with van der Waals surface area (Å²) in [5.74, 6) is 0.645. The lowest BCUT2D eigenvalue weighted by atomic mass is 10.2. The van der Waals surface area contributed by atoms with Crippen molar-refractivity contribution in [1.29, 1.82) is 0 Å². The summed E-state index contributed by atoms with van der Waals surface area (Å²) in [7, 11) is 0. The maximum Gasteiger partial charge on any atom is 0.252 e. The quantitative estimate of drug-likeness (QED) is 0.850. The van der Waals surface area contributed by atoms with Gasteiger partial charge < -0.3 is 5.32 Å². The summed E-state index contributed by atoms with van der Waals surface area (Å²) in [4.78, 5) is 22.8. The van der Waals surface area contributed by atoms with Crippen molar-refractivity contribution in [1.82, 2.24) is 24.8 Å². The molecule has 0 atom stereocenters. The Morgan fingerprint density at radius 3 is 2.52 bits per heavy atom. The predicted octanol–water partition coefficient (Wildman–Crippen LogP) is 2.12. The van der Waals surface area contributed by atoms with E-state index in [2.05, 4.69) is 47.9 Å². The maximum atomic E-state index is 12.2. The molecule has 0 aromatic carbocycles. The smallest absolute Gasteiger partial charge is 0.252 e. The summed E-state index contributed by atoms with van der Waals surface area (Å²) in [6.07, 6.45) is 6.77. The molecular weight excluding hydrogens is 290 g/mol. The van der Waals surface area contributed by atoms with E-state index in [1.54, 1.807) is 29.4 Å². The number of nitrogens with one attached hydrogen (secondary N) is 1. The number of rotatable bonds is 7. The monoisotopic (exact) mass is 315 g/mol. The summed E-state index contributed by atoms with van der Waals surface area (Å²) in [5.41, 5.74) is 0.564. The molecule has 0 unspecified atom stereocenters. The minimum Gasteiger partial charge on any atom is -0.351 e. The Morgan fingerprint density at radius 2 is 2.00 bits per heavy atom. The fourth-order valence-corrected chi connectivity index (χ4v) is 2.58. The molecule has 0 aliphatic rings. The highest BCUT2D eigenvalue weighted by Crippen LogP contribution is 2.06. The molecule has 2 aromatic rings. The van der Waals surface area contributed by atoms with E-state index in [1.807, 2.05) is 12.3 Å². The van der Waals surface area contributed by atoms with E-state index in [1.165, 1.54) is 0 Å². The third-order valence-electron chi connectivity index (χ3n) is 3.76. The molecule has 0 saturated heterocycles. The molecule has 2 aromatic heterocycles. The number of imidazole rings is 1. The van der Waals surface area contributed by atoms with Crippen LogP contribution < -0.4 is 5.32 Å². The van der Waals surface area contributed by atoms with Crippen molar-refractivity contribution in [3.63, 3.8) is 0 Å². The average molecular weight is 315 g/mol. The Morgan fingerprint density at radius 1 is 1.26 bits per heavy atom. The lowest BCUT2D eigenvalue weighted by Gasteiger charge is -2.30. The fraction of sp³-hybridized carbons (Fsp3) is 0.471. The van der Waals surface area contributed by atoms with Crippen molar-refractivity contribution in [2.24, 2.45) is 0 Å². The van der Waals surface area contributed by atoms with E-state index in [0.29, 0.717) is 24.2 Å². The maximum absolute atomic E-state index is 12.2. The molecule has 124 valence electrons. The van der Waals surface area contributed by atoms with Crippen LogP contribution in [0.5, 0.6) is 0 Å². The van der Waals surface area contributed by atoms with Crippen LogP contribution in [-0.2, 0) is 0 Å². The van der Waals surface area contributed by atoms with E-state index in [0.717, 1.165) is 12.4 Å². The Labute approximate surface area is 137 Å². The summed E-state index contributed by atoms with van der Waals surface area (Å²) >= 11 is 0. The van der Waals surface area contributed by atoms with Gasteiger partial charge in [0.2, 0.25) is 0 Å². The van der Waals surface area contributed by atoms with Gasteiger partial charge in [0.25, 0.3) is 5.91 Å². The molecule has 0 aliphatic carbocycles. The second-order valence-corrected chi connectivity index (χ2v) is 6.06. The summed E-state index contributed by atoms with van der Waals surface area (Å²) < 4.78 is 1.80. The molecule has 0 spiro atoms. The minimum atomic E-state index is -0.0952. The van der Waals surface area contributed by atoms with Crippen molar-refractivity contribution in [2.75, 3.05) is 13.1 Å². The van der Waals surface area contributed by atoms with Gasteiger partial charge in [-0.3, -0.25) is 14.3 Å². The lowest BCUT2D eigenvalue weighted by molar-refractivity contribution is 0.0939. The molecule has 0 saturated carbocycles. The first-order valence-electron chi connectivity index (χ1n) is 7.97. The van der Waals surface area contributed by atoms with Crippen LogP contribution in [0.25, 0.3) is 5.82 Å². The zero-order valence-electron chi connectivity index (χ0n) is 14.2. The second kappa shape index (κ2) is 7.87. The van der Waals surface area contributed by atoms with Crippen LogP contribution >= 0.6 is 0 Å². The Balaban J connectivity index is 1.88. The van der Waals surface area contributed by atoms with Crippen LogP contribution in [0, 0.1) is 0 Å². The lowest BCUT2D eigenvalue weighted by Crippen LogP contribution is -2.42. The predicted molar refractivity (Wildman–Crippen MR) is 90.7 cm³/mol. The van der Waals surface area contributed by atoms with Gasteiger partial charge in [-0.15, -0.1) is 0 Å². The van der Waals surface area contributed by atoms with Crippen LogP contribution in [0.1, 0.15) is 38.1 Å². The first kappa shape index (κ1) is 17.1. The molecule has 2 rings (SSSR count). The third-order valence-corrected chi connectivity index (χ3v) is 3.76. The van der Waals surface area contributed by atoms with Crippen molar-refractivity contribution in [3.05, 3.63) is 42.6 Å². The van der Waals surface area contributed by atoms with Crippen molar-refractivity contribution in [2.45, 2.75) is 39.8 Å². The number of hydrogen-bond acceptors (Lipinski definition) is 4. The fourth-order valence-electron chi connectivity index (χ4n) is 2.58. The zero-order chi connectivity index (χ0) is 16.8. The van der Waals surface area contributed by atoms with E-state index in [-0.39, 0.29) is 5.91 Å². The first-order chi connectivity index (χ1) is 11.0. The molecule has 0 radical (unpaired) electrons. The van der Waals surface area contributed by atoms with Crippen molar-refractivity contribution < 1.29 is 4.79 Å². The molecule has 23 heavy (non-hydrogen) atoms. The van der Waals surface area contributed by atoms with Gasteiger partial charge in [-0.2, -0.15) is 0 Å². The SMILES string of the molecule is CC(C)N(CCNC(=O)c1ccc(-n2ccnc2)nc1)C(C)C. The largest absolute Gasteiger partial charge is 0.351 e. The number of hydrogen-bond donors (Lipinski definition) is 1. The van der Waals surface area contributed by atoms with Gasteiger partial charge in [-0.25, -0.2) is 9.97 Å². The van der Waals surface area contributed by atoms with Gasteiger partial charge in [0.1, 0.15) is 12.1 Å². The van der Waals surface area contributed by atoms with Gasteiger partial charge in [0.15, 0.2) is 0 Å². The molecular formula is C17H25N5O. The highest BCUT2D eigenvalue weighted by atomic mass is 16.1. The van der Waals surface area contributed by atoms with E-state index >= 15 is 0 Å². The van der Waals surface area contributed by atoms with Crippen molar-refractivity contribution in [3.8, 4) is 5.82 Å². The number of amides is 1. The highest BCUT2D eigenvalue weighted by molar-refractivity contribution is 5.93. The molecule has 6 nitrogen and oxygen atoms in total. The van der Waals surface area contributed by atoms with Gasteiger partial charge in [-0.05, 0) is 39.8 Å². The number of pyridine rings is 1. The molecule has 2 heterocycles. The molecule has 6 heteroatoms. The Kier molecular flexibility index (Phi) is 5.87. The summed E-state index contributed by atoms with van der Waals surface area (Å²) in [5, 5.41) is 2.95. The van der Waals surface area contributed by atoms with Gasteiger partial charge in [-0.1, -0.05) is 0 Å². The van der Waals surface area contributed by atoms with Crippen LogP contribution in [0.4, 0.5) is 0 Å². The summed E-state index contributed by atoms with van der Waals surface area (Å²) in [6.45, 7) is 10.1. The molecule has 1 N–H and O–H groups in total. The van der Waals surface area contributed by atoms with Crippen molar-refractivity contribution >= 4 is 5.91 Å². The average Bonchev–Trinajstić information content (AvgIpc) is 3.05. The number of nitrogens with zero attached hydrogens (tertiary/aromatic N) is 4. The minimum absolute atomic E-state index is 0.0952. The number of carbonyl (C=O) groups excluding carboxylic acids is 1. The summed E-state index contributed by atoms with van der Waals surface area (Å²) in [6, 6.07) is 4.51. The Hall–Kier alpha value is -2.21. The molecule has 0 bridgehead atoms. The standard InChI is InChI=1S/C17H25N5O/c1-13(2)22(14(3)4)10-8-19-17(23)15-5-6-16(20-11-15)21-9-7-18-12-21/h5-7,9,11-14H,8,10H2,1-4H3,(H,19,23). The number of carbonyl (C=O) groups is 1. The highest BCUT2D eigenvalue weighted by Gasteiger charge is 2.13. The zero-order valence-corrected chi connectivity index (χ0v) is 14.2. The second-order valence-electron chi connectivity index (χ2n) is 6.06. The third kappa shape index (κ3) is 4.63. The van der Waals surface area contributed by atoms with Crippen LogP contribution in [0.2, 0.25) is 0 Å². The van der Waals surface area contributed by atoms with Crippen LogP contribution in [0.15, 0.2) is 37.1 Å². The van der Waals surface area contributed by atoms with Gasteiger partial charge >= 0.3 is 0 Å². The first-order valence-corrected chi connectivity index (χ1v) is 7.97. The van der Waals surface area contributed by atoms with E-state index < -0.39 is 0 Å². The van der Waals surface area contributed by atoms with Crippen LogP contribution in [0.3, 0.4) is 0 Å². The van der Waals surface area contributed by atoms with Crippen LogP contribution in [-0.4, -0.2) is 50.5 Å². The topological polar surface area (TPSA) is 63.1 Å². The van der Waals surface area contributed by atoms with E-state index in [9.17, 15) is 4.79 Å². The molecule has 0 fully saturated rings. The van der Waals surface area contributed by atoms with E-state index in [4.69, 9.17) is 0 Å². The normalized spacial score (nSPS) is 11.4. The Bertz CT molecular complexity index is 596. The molecule has 0 aliphatic heterocycles. The van der Waals surface area contributed by atoms with Gasteiger partial charge in [0.05, 0.1) is 5.56 Å². The molecule has 1 amide bonds. The number of aromatic nitrogens is 3. The van der Waals surface area contributed by atoms with Gasteiger partial charge in [0, 0.05) is 43.8 Å².